The van der Waals surface area contributed by atoms with E-state index in [1.807, 2.05) is 12.1 Å². The first-order valence-corrected chi connectivity index (χ1v) is 19.9. The van der Waals surface area contributed by atoms with Gasteiger partial charge >= 0.3 is 0 Å². The Morgan fingerprint density at radius 3 is 1.46 bits per heavy atom. The van der Waals surface area contributed by atoms with Crippen molar-refractivity contribution in [2.45, 2.75) is 0 Å². The SMILES string of the molecule is c1ccc(-c2cccc3oc4cc(-c5nc(-c6ccc(-c7cccc8ccccc78)cc6)nc(-c6ccc7c8ccccc8c8ccccc8c7c6)n5)ccc4c23)cc1. The predicted octanol–water partition coefficient (Wildman–Crippen LogP) is 14.7. The van der Waals surface area contributed by atoms with E-state index >= 15 is 0 Å². The summed E-state index contributed by atoms with van der Waals surface area (Å²) in [6.45, 7) is 0. The molecule has 4 nitrogen and oxygen atoms in total. The van der Waals surface area contributed by atoms with Crippen LogP contribution in [-0.4, -0.2) is 15.0 Å². The second-order valence-corrected chi connectivity index (χ2v) is 15.1. The van der Waals surface area contributed by atoms with E-state index < -0.39 is 0 Å². The molecule has 0 saturated carbocycles. The normalized spacial score (nSPS) is 11.7. The third kappa shape index (κ3) is 5.49. The molecule has 0 aliphatic heterocycles. The Kier molecular flexibility index (Phi) is 7.50. The van der Waals surface area contributed by atoms with Gasteiger partial charge in [0.2, 0.25) is 0 Å². The Morgan fingerprint density at radius 1 is 0.271 bits per heavy atom. The van der Waals surface area contributed by atoms with Crippen molar-refractivity contribution in [3.05, 3.63) is 200 Å². The second-order valence-electron chi connectivity index (χ2n) is 15.1. The van der Waals surface area contributed by atoms with Crippen LogP contribution in [0, 0.1) is 0 Å². The molecule has 0 aliphatic rings. The molecule has 2 heterocycles. The fourth-order valence-corrected chi connectivity index (χ4v) is 8.91. The molecule has 0 fully saturated rings. The first kappa shape index (κ1) is 33.2. The van der Waals surface area contributed by atoms with Crippen LogP contribution < -0.4 is 0 Å². The van der Waals surface area contributed by atoms with Crippen molar-refractivity contribution in [2.24, 2.45) is 0 Å². The van der Waals surface area contributed by atoms with E-state index in [1.165, 1.54) is 43.3 Å². The van der Waals surface area contributed by atoms with E-state index in [0.717, 1.165) is 60.7 Å². The minimum Gasteiger partial charge on any atom is -0.456 e. The minimum absolute atomic E-state index is 0.581. The molecule has 0 amide bonds. The first-order valence-electron chi connectivity index (χ1n) is 19.9. The standard InChI is InChI=1S/C55H33N3O/c1-2-12-35(13-3-1)42-22-11-23-50-52(42)48-31-29-39(33-51(48)59-50)55-57-53(37-26-24-36(25-27-37)41-21-10-15-34-14-4-5-16-40(34)41)56-54(58-55)38-28-30-47-45-19-7-6-17-43(45)44-18-8-9-20-46(44)49(47)32-38/h1-33H. The molecule has 0 spiro atoms. The molecule has 59 heavy (non-hydrogen) atoms. The van der Waals surface area contributed by atoms with Gasteiger partial charge in [0.25, 0.3) is 0 Å². The highest BCUT2D eigenvalue weighted by Crippen LogP contribution is 2.40. The van der Waals surface area contributed by atoms with Gasteiger partial charge in [-0.3, -0.25) is 0 Å². The van der Waals surface area contributed by atoms with Crippen LogP contribution in [0.15, 0.2) is 205 Å². The van der Waals surface area contributed by atoms with Crippen molar-refractivity contribution >= 4 is 65.0 Å². The Bertz CT molecular complexity index is 3570. The maximum absolute atomic E-state index is 6.55. The zero-order valence-corrected chi connectivity index (χ0v) is 31.8. The number of nitrogens with zero attached hydrogens (tertiary/aromatic N) is 3. The topological polar surface area (TPSA) is 51.8 Å². The van der Waals surface area contributed by atoms with Gasteiger partial charge in [0.15, 0.2) is 17.5 Å². The highest BCUT2D eigenvalue weighted by Gasteiger charge is 2.18. The van der Waals surface area contributed by atoms with E-state index in [4.69, 9.17) is 19.4 Å². The summed E-state index contributed by atoms with van der Waals surface area (Å²) < 4.78 is 6.55. The van der Waals surface area contributed by atoms with Crippen LogP contribution in [-0.2, 0) is 0 Å². The van der Waals surface area contributed by atoms with E-state index in [1.54, 1.807) is 0 Å². The molecule has 0 unspecified atom stereocenters. The summed E-state index contributed by atoms with van der Waals surface area (Å²) >= 11 is 0. The van der Waals surface area contributed by atoms with E-state index in [-0.39, 0.29) is 0 Å². The second kappa shape index (κ2) is 13.3. The van der Waals surface area contributed by atoms with Crippen LogP contribution >= 0.6 is 0 Å². The van der Waals surface area contributed by atoms with Gasteiger partial charge in [-0.2, -0.15) is 0 Å². The van der Waals surface area contributed by atoms with Gasteiger partial charge in [0, 0.05) is 27.5 Å². The van der Waals surface area contributed by atoms with Gasteiger partial charge in [0.05, 0.1) is 0 Å². The van der Waals surface area contributed by atoms with Crippen molar-refractivity contribution in [3.63, 3.8) is 0 Å². The number of fused-ring (bicyclic) bond motifs is 10. The molecule has 2 aromatic heterocycles. The number of rotatable bonds is 5. The molecule has 0 N–H and O–H groups in total. The van der Waals surface area contributed by atoms with Crippen molar-refractivity contribution in [3.8, 4) is 56.4 Å². The van der Waals surface area contributed by atoms with Gasteiger partial charge in [-0.15, -0.1) is 0 Å². The van der Waals surface area contributed by atoms with Gasteiger partial charge in [0.1, 0.15) is 11.2 Å². The molecule has 0 atom stereocenters. The zero-order valence-electron chi connectivity index (χ0n) is 31.8. The van der Waals surface area contributed by atoms with E-state index in [2.05, 4.69) is 188 Å². The lowest BCUT2D eigenvalue weighted by Crippen LogP contribution is -2.00. The molecule has 0 radical (unpaired) electrons. The smallest absolute Gasteiger partial charge is 0.164 e. The largest absolute Gasteiger partial charge is 0.456 e. The zero-order chi connectivity index (χ0) is 38.9. The van der Waals surface area contributed by atoms with Crippen LogP contribution in [0.25, 0.3) is 121 Å². The van der Waals surface area contributed by atoms with Crippen LogP contribution in [0.4, 0.5) is 0 Å². The summed E-state index contributed by atoms with van der Waals surface area (Å²) in [6, 6.07) is 70.5. The average Bonchev–Trinajstić information content (AvgIpc) is 3.70. The average molecular weight is 752 g/mol. The molecule has 0 aliphatic carbocycles. The lowest BCUT2D eigenvalue weighted by atomic mass is 9.93. The third-order valence-corrected chi connectivity index (χ3v) is 11.7. The summed E-state index contributed by atoms with van der Waals surface area (Å²) in [6.07, 6.45) is 0. The Morgan fingerprint density at radius 2 is 0.746 bits per heavy atom. The van der Waals surface area contributed by atoms with Crippen LogP contribution in [0.3, 0.4) is 0 Å². The quantitative estimate of drug-likeness (QED) is 0.164. The Balaban J connectivity index is 1.04. The number of hydrogen-bond acceptors (Lipinski definition) is 4. The molecule has 12 rings (SSSR count). The van der Waals surface area contributed by atoms with Crippen LogP contribution in [0.2, 0.25) is 0 Å². The maximum Gasteiger partial charge on any atom is 0.164 e. The molecular formula is C55H33N3O. The van der Waals surface area contributed by atoms with Gasteiger partial charge in [-0.25, -0.2) is 15.0 Å². The molecular weight excluding hydrogens is 719 g/mol. The summed E-state index contributed by atoms with van der Waals surface area (Å²) in [4.78, 5) is 15.6. The van der Waals surface area contributed by atoms with Crippen molar-refractivity contribution < 1.29 is 4.42 Å². The van der Waals surface area contributed by atoms with Gasteiger partial charge in [-0.1, -0.05) is 176 Å². The first-order chi connectivity index (χ1) is 29.2. The minimum atomic E-state index is 0.581. The summed E-state index contributed by atoms with van der Waals surface area (Å²) in [7, 11) is 0. The van der Waals surface area contributed by atoms with Crippen molar-refractivity contribution in [1.29, 1.82) is 0 Å². The lowest BCUT2D eigenvalue weighted by Gasteiger charge is -2.13. The monoisotopic (exact) mass is 751 g/mol. The summed E-state index contributed by atoms with van der Waals surface area (Å²) in [5.41, 5.74) is 8.94. The fraction of sp³-hybridized carbons (Fsp3) is 0. The van der Waals surface area contributed by atoms with Crippen LogP contribution in [0.5, 0.6) is 0 Å². The number of aromatic nitrogens is 3. The molecule has 0 saturated heterocycles. The van der Waals surface area contributed by atoms with Gasteiger partial charge in [-0.05, 0) is 89.6 Å². The Hall–Kier alpha value is -7.95. The maximum atomic E-state index is 6.55. The van der Waals surface area contributed by atoms with Crippen LogP contribution in [0.1, 0.15) is 0 Å². The number of benzene rings is 10. The fourth-order valence-electron chi connectivity index (χ4n) is 8.91. The molecule has 12 aromatic rings. The molecule has 4 heteroatoms. The number of hydrogen-bond donors (Lipinski definition) is 0. The highest BCUT2D eigenvalue weighted by molar-refractivity contribution is 6.25. The van der Waals surface area contributed by atoms with E-state index in [9.17, 15) is 0 Å². The number of furan rings is 1. The lowest BCUT2D eigenvalue weighted by molar-refractivity contribution is 0.669. The van der Waals surface area contributed by atoms with Crippen molar-refractivity contribution in [2.75, 3.05) is 0 Å². The third-order valence-electron chi connectivity index (χ3n) is 11.7. The molecule has 274 valence electrons. The summed E-state index contributed by atoms with van der Waals surface area (Å²) in [5, 5.41) is 11.9. The summed E-state index contributed by atoms with van der Waals surface area (Å²) in [5.74, 6) is 1.80. The Labute approximate surface area is 339 Å². The van der Waals surface area contributed by atoms with Gasteiger partial charge < -0.3 is 4.42 Å². The highest BCUT2D eigenvalue weighted by atomic mass is 16.3. The molecule has 0 bridgehead atoms. The van der Waals surface area contributed by atoms with Crippen molar-refractivity contribution in [1.82, 2.24) is 15.0 Å². The predicted molar refractivity (Wildman–Crippen MR) is 244 cm³/mol. The molecule has 10 aromatic carbocycles. The van der Waals surface area contributed by atoms with E-state index in [0.29, 0.717) is 17.5 Å².